The van der Waals surface area contributed by atoms with Crippen LogP contribution in [0.25, 0.3) is 0 Å². The lowest BCUT2D eigenvalue weighted by Gasteiger charge is -2.47. The molecule has 0 aliphatic carbocycles. The summed E-state index contributed by atoms with van der Waals surface area (Å²) in [5, 5.41) is 37.7. The zero-order chi connectivity index (χ0) is 18.6. The standard InChI is InChI=1S/C17H12ClFN4O2/c1-9-15(2)24-13(12-10(18)4-3-5-11(12)19)16(6-20,7-21)17(9,8-22)14(23)25-15/h3-5,9,13,23H,1-2H3. The average Bonchev–Trinajstić information content (AvgIpc) is 2.71. The zero-order valence-corrected chi connectivity index (χ0v) is 14.1. The fourth-order valence-electron chi connectivity index (χ4n) is 3.73. The Morgan fingerprint density at radius 2 is 1.88 bits per heavy atom. The van der Waals surface area contributed by atoms with Crippen LogP contribution in [0.4, 0.5) is 4.39 Å². The fourth-order valence-corrected chi connectivity index (χ4v) is 3.99. The van der Waals surface area contributed by atoms with Crippen LogP contribution in [0.3, 0.4) is 0 Å². The minimum Gasteiger partial charge on any atom is -0.448 e. The first kappa shape index (κ1) is 17.2. The van der Waals surface area contributed by atoms with Crippen molar-refractivity contribution in [2.45, 2.75) is 25.7 Å². The first-order chi connectivity index (χ1) is 11.7. The lowest BCUT2D eigenvalue weighted by atomic mass is 9.54. The predicted molar refractivity (Wildman–Crippen MR) is 83.3 cm³/mol. The van der Waals surface area contributed by atoms with Crippen LogP contribution in [0.1, 0.15) is 25.5 Å². The van der Waals surface area contributed by atoms with Crippen LogP contribution in [0, 0.1) is 62.0 Å². The molecule has 8 heteroatoms. The Hall–Kier alpha value is -2.66. The number of benzene rings is 1. The lowest BCUT2D eigenvalue weighted by Crippen LogP contribution is -2.57. The summed E-state index contributed by atoms with van der Waals surface area (Å²) in [7, 11) is 0. The highest BCUT2D eigenvalue weighted by atomic mass is 35.5. The second-order valence-corrected chi connectivity index (χ2v) is 6.66. The Bertz CT molecular complexity index is 880. The van der Waals surface area contributed by atoms with Gasteiger partial charge in [-0.2, -0.15) is 15.8 Å². The van der Waals surface area contributed by atoms with Crippen LogP contribution in [0.5, 0.6) is 0 Å². The van der Waals surface area contributed by atoms with E-state index in [0.717, 1.165) is 6.07 Å². The number of fused-ring (bicyclic) bond motifs is 2. The van der Waals surface area contributed by atoms with Gasteiger partial charge in [-0.1, -0.05) is 24.6 Å². The molecule has 2 saturated heterocycles. The Labute approximate surface area is 148 Å². The third-order valence-electron chi connectivity index (χ3n) is 5.26. The summed E-state index contributed by atoms with van der Waals surface area (Å²) >= 11 is 6.11. The summed E-state index contributed by atoms with van der Waals surface area (Å²) in [5.41, 5.74) is -4.33. The van der Waals surface area contributed by atoms with Crippen LogP contribution in [-0.4, -0.2) is 11.7 Å². The van der Waals surface area contributed by atoms with E-state index in [-0.39, 0.29) is 10.6 Å². The second-order valence-electron chi connectivity index (χ2n) is 6.25. The third-order valence-corrected chi connectivity index (χ3v) is 5.59. The Kier molecular flexibility index (Phi) is 3.55. The van der Waals surface area contributed by atoms with Gasteiger partial charge in [0, 0.05) is 17.5 Å². The summed E-state index contributed by atoms with van der Waals surface area (Å²) in [4.78, 5) is 0. The van der Waals surface area contributed by atoms with Gasteiger partial charge in [0.2, 0.25) is 17.1 Å². The number of hydrogen-bond donors (Lipinski definition) is 1. The number of nitriles is 3. The van der Waals surface area contributed by atoms with Crippen LogP contribution >= 0.6 is 11.6 Å². The smallest absolute Gasteiger partial charge is 0.214 e. The van der Waals surface area contributed by atoms with E-state index in [0.29, 0.717) is 0 Å². The maximum absolute atomic E-state index is 14.5. The van der Waals surface area contributed by atoms with Gasteiger partial charge in [0.15, 0.2) is 5.41 Å². The number of halogens is 2. The molecule has 1 aromatic rings. The van der Waals surface area contributed by atoms with Crippen molar-refractivity contribution in [3.8, 4) is 18.2 Å². The molecule has 1 aromatic carbocycles. The average molecular weight is 359 g/mol. The van der Waals surface area contributed by atoms with Gasteiger partial charge in [-0.15, -0.1) is 0 Å². The summed E-state index contributed by atoms with van der Waals surface area (Å²) in [5.74, 6) is -3.59. The second kappa shape index (κ2) is 5.17. The summed E-state index contributed by atoms with van der Waals surface area (Å²) in [6.45, 7) is 3.05. The number of hydrogen-bond acceptors (Lipinski definition) is 6. The molecule has 0 amide bonds. The molecular weight excluding hydrogens is 347 g/mol. The molecule has 2 aliphatic heterocycles. The SMILES string of the molecule is CC1C2(C)OC(=N)C1(C#N)C(C#N)(C#N)C(c1c(F)cccc1Cl)O2. The third kappa shape index (κ3) is 1.76. The summed E-state index contributed by atoms with van der Waals surface area (Å²) in [6, 6.07) is 9.45. The Morgan fingerprint density at radius 3 is 2.40 bits per heavy atom. The van der Waals surface area contributed by atoms with Crippen molar-refractivity contribution in [1.82, 2.24) is 0 Å². The molecule has 6 nitrogen and oxygen atoms in total. The predicted octanol–water partition coefficient (Wildman–Crippen LogP) is 3.45. The van der Waals surface area contributed by atoms with E-state index in [1.54, 1.807) is 6.92 Å². The Morgan fingerprint density at radius 1 is 1.24 bits per heavy atom. The summed E-state index contributed by atoms with van der Waals surface area (Å²) < 4.78 is 25.8. The van der Waals surface area contributed by atoms with E-state index in [4.69, 9.17) is 26.5 Å². The normalized spacial score (nSPS) is 35.2. The van der Waals surface area contributed by atoms with Crippen LogP contribution < -0.4 is 0 Å². The minimum atomic E-state index is -2.21. The largest absolute Gasteiger partial charge is 0.448 e. The van der Waals surface area contributed by atoms with Crippen LogP contribution in [-0.2, 0) is 9.47 Å². The molecule has 2 bridgehead atoms. The van der Waals surface area contributed by atoms with Crippen molar-refractivity contribution < 1.29 is 13.9 Å². The molecule has 3 rings (SSSR count). The molecule has 1 N–H and O–H groups in total. The van der Waals surface area contributed by atoms with E-state index in [2.05, 4.69) is 0 Å². The monoisotopic (exact) mass is 358 g/mol. The van der Waals surface area contributed by atoms with Gasteiger partial charge in [0.05, 0.1) is 24.1 Å². The quantitative estimate of drug-likeness (QED) is 0.825. The molecule has 4 atom stereocenters. The fraction of sp³-hybridized carbons (Fsp3) is 0.412. The van der Waals surface area contributed by atoms with Gasteiger partial charge in [-0.05, 0) is 12.1 Å². The van der Waals surface area contributed by atoms with Gasteiger partial charge < -0.3 is 9.47 Å². The maximum atomic E-state index is 14.5. The van der Waals surface area contributed by atoms with Crippen molar-refractivity contribution in [1.29, 1.82) is 21.2 Å². The topological polar surface area (TPSA) is 114 Å². The van der Waals surface area contributed by atoms with Crippen molar-refractivity contribution in [2.75, 3.05) is 0 Å². The molecule has 25 heavy (non-hydrogen) atoms. The lowest BCUT2D eigenvalue weighted by molar-refractivity contribution is -0.269. The van der Waals surface area contributed by atoms with E-state index in [1.807, 2.05) is 18.2 Å². The molecule has 0 aromatic heterocycles. The van der Waals surface area contributed by atoms with Gasteiger partial charge in [0.1, 0.15) is 11.9 Å². The van der Waals surface area contributed by atoms with Gasteiger partial charge >= 0.3 is 0 Å². The van der Waals surface area contributed by atoms with Crippen molar-refractivity contribution in [2.24, 2.45) is 16.7 Å². The molecule has 0 spiro atoms. The molecule has 126 valence electrons. The van der Waals surface area contributed by atoms with Crippen molar-refractivity contribution in [3.05, 3.63) is 34.6 Å². The number of nitrogens with one attached hydrogen (secondary N) is 1. The van der Waals surface area contributed by atoms with E-state index in [1.165, 1.54) is 19.1 Å². The van der Waals surface area contributed by atoms with Crippen LogP contribution in [0.15, 0.2) is 18.2 Å². The van der Waals surface area contributed by atoms with Crippen molar-refractivity contribution in [3.63, 3.8) is 0 Å². The zero-order valence-electron chi connectivity index (χ0n) is 13.3. The van der Waals surface area contributed by atoms with E-state index < -0.39 is 40.4 Å². The maximum Gasteiger partial charge on any atom is 0.214 e. The highest BCUT2D eigenvalue weighted by molar-refractivity contribution is 6.31. The molecule has 2 heterocycles. The van der Waals surface area contributed by atoms with E-state index >= 15 is 0 Å². The number of nitrogens with zero attached hydrogens (tertiary/aromatic N) is 3. The van der Waals surface area contributed by atoms with Gasteiger partial charge in [-0.3, -0.25) is 5.41 Å². The molecule has 0 radical (unpaired) electrons. The Balaban J connectivity index is 2.40. The van der Waals surface area contributed by atoms with Crippen LogP contribution in [0.2, 0.25) is 5.02 Å². The van der Waals surface area contributed by atoms with Crippen molar-refractivity contribution >= 4 is 17.5 Å². The first-order valence-electron chi connectivity index (χ1n) is 7.37. The summed E-state index contributed by atoms with van der Waals surface area (Å²) in [6.07, 6.45) is -1.50. The minimum absolute atomic E-state index is 0.0444. The first-order valence-corrected chi connectivity index (χ1v) is 7.75. The highest BCUT2D eigenvalue weighted by Gasteiger charge is 2.78. The molecule has 4 unspecified atom stereocenters. The van der Waals surface area contributed by atoms with Gasteiger partial charge in [0.25, 0.3) is 0 Å². The molecular formula is C17H12ClFN4O2. The highest BCUT2D eigenvalue weighted by Crippen LogP contribution is 2.66. The molecule has 0 saturated carbocycles. The molecule has 2 fully saturated rings. The number of rotatable bonds is 1. The van der Waals surface area contributed by atoms with E-state index in [9.17, 15) is 20.2 Å². The molecule has 2 aliphatic rings. The number of ether oxygens (including phenoxy) is 2. The van der Waals surface area contributed by atoms with Gasteiger partial charge in [-0.25, -0.2) is 4.39 Å².